The highest BCUT2D eigenvalue weighted by atomic mass is 35.5. The topological polar surface area (TPSA) is 102 Å². The molecule has 0 radical (unpaired) electrons. The Hall–Kier alpha value is -4.08. The Bertz CT molecular complexity index is 1580. The number of nitrogens with one attached hydrogen (secondary N) is 2. The lowest BCUT2D eigenvalue weighted by Crippen LogP contribution is -2.30. The molecular formula is C26H25ClN8O. The van der Waals surface area contributed by atoms with Crippen molar-refractivity contribution in [3.05, 3.63) is 78.6 Å². The predicted octanol–water partition coefficient (Wildman–Crippen LogP) is 5.10. The molecule has 0 amide bonds. The van der Waals surface area contributed by atoms with E-state index in [-0.39, 0.29) is 12.4 Å². The number of aryl methyl sites for hydroxylation is 1. The van der Waals surface area contributed by atoms with Gasteiger partial charge < -0.3 is 15.4 Å². The summed E-state index contributed by atoms with van der Waals surface area (Å²) in [5.74, 6) is 2.14. The van der Waals surface area contributed by atoms with Gasteiger partial charge in [-0.3, -0.25) is 0 Å². The SMILES string of the molecule is Cc1cc(Nc2ncnc3ccc(C4=CCN[C@H](C)C4)nc23)ccc1Oc1ccn2ncnc2c1.Cl. The summed E-state index contributed by atoms with van der Waals surface area (Å²) in [6.45, 7) is 5.05. The molecule has 0 saturated heterocycles. The minimum Gasteiger partial charge on any atom is -0.457 e. The van der Waals surface area contributed by atoms with E-state index in [1.165, 1.54) is 11.9 Å². The molecule has 0 spiro atoms. The number of halogens is 1. The molecule has 5 aromatic rings. The van der Waals surface area contributed by atoms with Gasteiger partial charge in [-0.2, -0.15) is 5.10 Å². The van der Waals surface area contributed by atoms with E-state index in [0.29, 0.717) is 17.6 Å². The highest BCUT2D eigenvalue weighted by Crippen LogP contribution is 2.30. The summed E-state index contributed by atoms with van der Waals surface area (Å²) in [5, 5.41) is 11.0. The minimum absolute atomic E-state index is 0. The highest BCUT2D eigenvalue weighted by Gasteiger charge is 2.15. The third-order valence-electron chi connectivity index (χ3n) is 6.07. The molecule has 9 nitrogen and oxygen atoms in total. The number of rotatable bonds is 5. The Labute approximate surface area is 214 Å². The lowest BCUT2D eigenvalue weighted by molar-refractivity contribution is 0.478. The molecule has 1 aliphatic heterocycles. The molecule has 5 heterocycles. The number of hydrogen-bond acceptors (Lipinski definition) is 8. The zero-order valence-corrected chi connectivity index (χ0v) is 20.7. The molecule has 1 aromatic carbocycles. The third kappa shape index (κ3) is 4.71. The average molecular weight is 501 g/mol. The van der Waals surface area contributed by atoms with Gasteiger partial charge in [-0.05, 0) is 67.8 Å². The number of aromatic nitrogens is 6. The average Bonchev–Trinajstić information content (AvgIpc) is 3.34. The quantitative estimate of drug-likeness (QED) is 0.343. The Morgan fingerprint density at radius 2 is 1.97 bits per heavy atom. The molecule has 0 saturated carbocycles. The molecule has 1 atom stereocenters. The van der Waals surface area contributed by atoms with E-state index in [0.717, 1.165) is 52.3 Å². The molecule has 1 aliphatic rings. The van der Waals surface area contributed by atoms with Crippen molar-refractivity contribution in [2.75, 3.05) is 11.9 Å². The second kappa shape index (κ2) is 9.88. The highest BCUT2D eigenvalue weighted by molar-refractivity contribution is 5.88. The Morgan fingerprint density at radius 3 is 2.83 bits per heavy atom. The zero-order chi connectivity index (χ0) is 23.8. The smallest absolute Gasteiger partial charge is 0.160 e. The lowest BCUT2D eigenvalue weighted by atomic mass is 10.00. The summed E-state index contributed by atoms with van der Waals surface area (Å²) in [6, 6.07) is 14.1. The molecule has 10 heteroatoms. The van der Waals surface area contributed by atoms with Crippen molar-refractivity contribution in [2.24, 2.45) is 0 Å². The van der Waals surface area contributed by atoms with Gasteiger partial charge in [0.25, 0.3) is 0 Å². The van der Waals surface area contributed by atoms with Gasteiger partial charge in [0.05, 0.1) is 11.2 Å². The first-order valence-electron chi connectivity index (χ1n) is 11.5. The van der Waals surface area contributed by atoms with Crippen molar-refractivity contribution >= 4 is 46.2 Å². The van der Waals surface area contributed by atoms with E-state index in [1.807, 2.05) is 55.6 Å². The van der Waals surface area contributed by atoms with Crippen molar-refractivity contribution < 1.29 is 4.74 Å². The largest absolute Gasteiger partial charge is 0.457 e. The molecule has 182 valence electrons. The van der Waals surface area contributed by atoms with Crippen molar-refractivity contribution in [3.63, 3.8) is 0 Å². The van der Waals surface area contributed by atoms with Crippen LogP contribution in [0.4, 0.5) is 11.5 Å². The van der Waals surface area contributed by atoms with Gasteiger partial charge in [0, 0.05) is 30.5 Å². The summed E-state index contributed by atoms with van der Waals surface area (Å²) >= 11 is 0. The predicted molar refractivity (Wildman–Crippen MR) is 142 cm³/mol. The van der Waals surface area contributed by atoms with Crippen LogP contribution in [-0.2, 0) is 0 Å². The number of ether oxygens (including phenoxy) is 1. The Kier molecular flexibility index (Phi) is 6.49. The van der Waals surface area contributed by atoms with Crippen molar-refractivity contribution in [2.45, 2.75) is 26.3 Å². The molecule has 0 aliphatic carbocycles. The minimum atomic E-state index is 0. The van der Waals surface area contributed by atoms with E-state index in [1.54, 1.807) is 10.8 Å². The molecule has 36 heavy (non-hydrogen) atoms. The third-order valence-corrected chi connectivity index (χ3v) is 6.07. The van der Waals surface area contributed by atoms with Crippen LogP contribution < -0.4 is 15.4 Å². The van der Waals surface area contributed by atoms with Gasteiger partial charge in [0.2, 0.25) is 0 Å². The van der Waals surface area contributed by atoms with Crippen LogP contribution in [0.5, 0.6) is 11.5 Å². The molecule has 6 rings (SSSR count). The summed E-state index contributed by atoms with van der Waals surface area (Å²) in [6.07, 6.45) is 8.05. The van der Waals surface area contributed by atoms with E-state index in [4.69, 9.17) is 9.72 Å². The molecule has 2 N–H and O–H groups in total. The van der Waals surface area contributed by atoms with Gasteiger partial charge in [0.1, 0.15) is 29.7 Å². The van der Waals surface area contributed by atoms with Crippen LogP contribution in [0.25, 0.3) is 22.3 Å². The van der Waals surface area contributed by atoms with E-state index in [9.17, 15) is 0 Å². The monoisotopic (exact) mass is 500 g/mol. The van der Waals surface area contributed by atoms with E-state index in [2.05, 4.69) is 43.7 Å². The Balaban J connectivity index is 0.00000267. The second-order valence-corrected chi connectivity index (χ2v) is 8.66. The van der Waals surface area contributed by atoms with Crippen molar-refractivity contribution in [3.8, 4) is 11.5 Å². The summed E-state index contributed by atoms with van der Waals surface area (Å²) < 4.78 is 7.79. The number of nitrogens with zero attached hydrogens (tertiary/aromatic N) is 6. The fourth-order valence-electron chi connectivity index (χ4n) is 4.25. The molecular weight excluding hydrogens is 476 g/mol. The van der Waals surface area contributed by atoms with Crippen LogP contribution in [-0.4, -0.2) is 42.1 Å². The van der Waals surface area contributed by atoms with E-state index >= 15 is 0 Å². The first kappa shape index (κ1) is 23.7. The standard InChI is InChI=1S/C26H24N8O.ClH/c1-16-11-19(3-6-23(16)35-20-8-10-34-24(13-20)29-15-31-34)32-26-25-22(28-14-30-26)5-4-21(33-25)18-7-9-27-17(2)12-18;/h3-8,10-11,13-15,17,27H,9,12H2,1-2H3,(H,28,30,32);1H/t17-;/m1./s1. The van der Waals surface area contributed by atoms with Gasteiger partial charge in [0.15, 0.2) is 11.5 Å². The maximum absolute atomic E-state index is 6.10. The normalized spacial score (nSPS) is 15.4. The number of pyridine rings is 2. The van der Waals surface area contributed by atoms with Crippen LogP contribution in [0.2, 0.25) is 0 Å². The zero-order valence-electron chi connectivity index (χ0n) is 19.8. The van der Waals surface area contributed by atoms with E-state index < -0.39 is 0 Å². The number of fused-ring (bicyclic) bond motifs is 2. The van der Waals surface area contributed by atoms with Crippen molar-refractivity contribution in [1.82, 2.24) is 34.9 Å². The number of hydrogen-bond donors (Lipinski definition) is 2. The van der Waals surface area contributed by atoms with Crippen LogP contribution in [0, 0.1) is 6.92 Å². The van der Waals surface area contributed by atoms with Crippen LogP contribution in [0.3, 0.4) is 0 Å². The lowest BCUT2D eigenvalue weighted by Gasteiger charge is -2.20. The van der Waals surface area contributed by atoms with Gasteiger partial charge >= 0.3 is 0 Å². The number of anilines is 2. The molecule has 0 fully saturated rings. The molecule has 0 bridgehead atoms. The number of benzene rings is 1. The van der Waals surface area contributed by atoms with Crippen LogP contribution in [0.15, 0.2) is 67.4 Å². The first-order valence-corrected chi connectivity index (χ1v) is 11.5. The Morgan fingerprint density at radius 1 is 1.06 bits per heavy atom. The van der Waals surface area contributed by atoms with Crippen LogP contribution >= 0.6 is 12.4 Å². The maximum atomic E-state index is 6.10. The summed E-state index contributed by atoms with van der Waals surface area (Å²) in [5.41, 5.74) is 6.37. The molecule has 4 aromatic heterocycles. The molecule has 0 unspecified atom stereocenters. The second-order valence-electron chi connectivity index (χ2n) is 8.66. The van der Waals surface area contributed by atoms with Gasteiger partial charge in [-0.25, -0.2) is 24.5 Å². The van der Waals surface area contributed by atoms with Crippen molar-refractivity contribution in [1.29, 1.82) is 0 Å². The van der Waals surface area contributed by atoms with Crippen LogP contribution in [0.1, 0.15) is 24.6 Å². The maximum Gasteiger partial charge on any atom is 0.160 e. The fraction of sp³-hybridized carbons (Fsp3) is 0.192. The summed E-state index contributed by atoms with van der Waals surface area (Å²) in [4.78, 5) is 18.0. The fourth-order valence-corrected chi connectivity index (χ4v) is 4.25. The first-order chi connectivity index (χ1) is 17.1. The van der Waals surface area contributed by atoms with Gasteiger partial charge in [-0.1, -0.05) is 6.08 Å². The summed E-state index contributed by atoms with van der Waals surface area (Å²) in [7, 11) is 0. The van der Waals surface area contributed by atoms with Gasteiger partial charge in [-0.15, -0.1) is 12.4 Å².